The average Bonchev–Trinajstić information content (AvgIpc) is 2.01. The smallest absolute Gasteiger partial charge is 0.213 e. The van der Waals surface area contributed by atoms with Crippen molar-refractivity contribution >= 4 is 31.9 Å². The molecule has 0 fully saturated rings. The van der Waals surface area contributed by atoms with Gasteiger partial charge in [-0.1, -0.05) is 45.0 Å². The van der Waals surface area contributed by atoms with Gasteiger partial charge in [-0.15, -0.1) is 0 Å². The van der Waals surface area contributed by atoms with Crippen molar-refractivity contribution < 1.29 is 4.39 Å². The van der Waals surface area contributed by atoms with E-state index in [-0.39, 0.29) is 5.41 Å². The normalized spacial score (nSPS) is 13.0. The maximum Gasteiger partial charge on any atom is 0.244 e. The van der Waals surface area contributed by atoms with Crippen molar-refractivity contribution in [3.63, 3.8) is 0 Å². The summed E-state index contributed by atoms with van der Waals surface area (Å²) >= 11 is 5.96. The SMILES string of the molecule is CC(C)(C)c1ccccc1C(F)(Br)Br. The molecule has 0 nitrogen and oxygen atoms in total. The summed E-state index contributed by atoms with van der Waals surface area (Å²) in [6.45, 7) is 6.20. The Labute approximate surface area is 101 Å². The summed E-state index contributed by atoms with van der Waals surface area (Å²) in [5, 5.41) is 0. The van der Waals surface area contributed by atoms with Gasteiger partial charge in [0.25, 0.3) is 0 Å². The summed E-state index contributed by atoms with van der Waals surface area (Å²) in [5.41, 5.74) is 1.57. The molecule has 0 atom stereocenters. The summed E-state index contributed by atoms with van der Waals surface area (Å²) in [7, 11) is 0. The Morgan fingerprint density at radius 2 is 1.43 bits per heavy atom. The second-order valence-corrected chi connectivity index (χ2v) is 7.54. The lowest BCUT2D eigenvalue weighted by Crippen LogP contribution is -2.17. The maximum atomic E-state index is 13.7. The Morgan fingerprint density at radius 1 is 1.00 bits per heavy atom. The van der Waals surface area contributed by atoms with E-state index in [0.29, 0.717) is 5.56 Å². The van der Waals surface area contributed by atoms with Crippen LogP contribution in [0.4, 0.5) is 4.39 Å². The van der Waals surface area contributed by atoms with Crippen LogP contribution in [0.25, 0.3) is 0 Å². The molecule has 0 saturated heterocycles. The van der Waals surface area contributed by atoms with E-state index in [4.69, 9.17) is 0 Å². The van der Waals surface area contributed by atoms with Crippen molar-refractivity contribution in [1.29, 1.82) is 0 Å². The topological polar surface area (TPSA) is 0 Å². The molecule has 0 aliphatic heterocycles. The molecule has 0 N–H and O–H groups in total. The molecule has 1 rings (SSSR count). The zero-order valence-electron chi connectivity index (χ0n) is 8.44. The van der Waals surface area contributed by atoms with E-state index in [9.17, 15) is 4.39 Å². The first-order chi connectivity index (χ1) is 6.23. The number of hydrogen-bond donors (Lipinski definition) is 0. The van der Waals surface area contributed by atoms with Gasteiger partial charge in [0.15, 0.2) is 0 Å². The lowest BCUT2D eigenvalue weighted by molar-refractivity contribution is 0.433. The Balaban J connectivity index is 3.31. The Morgan fingerprint density at radius 3 is 1.71 bits per heavy atom. The van der Waals surface area contributed by atoms with Crippen molar-refractivity contribution in [2.75, 3.05) is 0 Å². The van der Waals surface area contributed by atoms with Crippen LogP contribution in [0.1, 0.15) is 31.9 Å². The summed E-state index contributed by atoms with van der Waals surface area (Å²) in [6.07, 6.45) is 0. The van der Waals surface area contributed by atoms with E-state index >= 15 is 0 Å². The van der Waals surface area contributed by atoms with Crippen LogP contribution in [0.2, 0.25) is 0 Å². The van der Waals surface area contributed by atoms with E-state index in [0.717, 1.165) is 5.56 Å². The summed E-state index contributed by atoms with van der Waals surface area (Å²) in [6, 6.07) is 7.49. The van der Waals surface area contributed by atoms with Crippen LogP contribution >= 0.6 is 31.9 Å². The Kier molecular flexibility index (Phi) is 3.42. The predicted molar refractivity (Wildman–Crippen MR) is 65.8 cm³/mol. The zero-order chi connectivity index (χ0) is 11.0. The summed E-state index contributed by atoms with van der Waals surface area (Å²) < 4.78 is 12.1. The molecular formula is C11H13Br2F. The van der Waals surface area contributed by atoms with Crippen molar-refractivity contribution in [3.8, 4) is 0 Å². The van der Waals surface area contributed by atoms with Gasteiger partial charge in [-0.2, -0.15) is 0 Å². The third-order valence-corrected chi connectivity index (χ3v) is 2.89. The van der Waals surface area contributed by atoms with Crippen LogP contribution in [0.15, 0.2) is 24.3 Å². The molecule has 0 radical (unpaired) electrons. The average molecular weight is 324 g/mol. The van der Waals surface area contributed by atoms with Crippen LogP contribution < -0.4 is 0 Å². The van der Waals surface area contributed by atoms with Gasteiger partial charge in [-0.3, -0.25) is 0 Å². The van der Waals surface area contributed by atoms with Crippen molar-refractivity contribution in [1.82, 2.24) is 0 Å². The minimum atomic E-state index is -1.64. The van der Waals surface area contributed by atoms with E-state index in [2.05, 4.69) is 52.6 Å². The van der Waals surface area contributed by atoms with Crippen LogP contribution in [-0.2, 0) is 8.90 Å². The molecule has 0 heterocycles. The van der Waals surface area contributed by atoms with Crippen LogP contribution in [-0.4, -0.2) is 0 Å². The van der Waals surface area contributed by atoms with Gasteiger partial charge in [0.05, 0.1) is 0 Å². The minimum Gasteiger partial charge on any atom is -0.213 e. The first-order valence-electron chi connectivity index (χ1n) is 4.39. The fourth-order valence-corrected chi connectivity index (χ4v) is 2.08. The van der Waals surface area contributed by atoms with E-state index in [1.165, 1.54) is 0 Å². The molecule has 0 spiro atoms. The molecule has 0 aliphatic carbocycles. The van der Waals surface area contributed by atoms with Crippen LogP contribution in [0.3, 0.4) is 0 Å². The van der Waals surface area contributed by atoms with Gasteiger partial charge in [0.2, 0.25) is 3.49 Å². The van der Waals surface area contributed by atoms with Crippen molar-refractivity contribution in [3.05, 3.63) is 35.4 Å². The number of halogens is 3. The van der Waals surface area contributed by atoms with Gasteiger partial charge in [-0.05, 0) is 42.8 Å². The highest BCUT2D eigenvalue weighted by atomic mass is 79.9. The number of benzene rings is 1. The van der Waals surface area contributed by atoms with Gasteiger partial charge in [-0.25, -0.2) is 4.39 Å². The lowest BCUT2D eigenvalue weighted by atomic mass is 9.84. The molecule has 0 unspecified atom stereocenters. The quantitative estimate of drug-likeness (QED) is 0.648. The minimum absolute atomic E-state index is 0.0600. The summed E-state index contributed by atoms with van der Waals surface area (Å²) in [5.74, 6) is 0. The Hall–Kier alpha value is 0.110. The monoisotopic (exact) mass is 322 g/mol. The highest BCUT2D eigenvalue weighted by Gasteiger charge is 2.30. The predicted octanol–water partition coefficient (Wildman–Crippen LogP) is 4.85. The van der Waals surface area contributed by atoms with Crippen molar-refractivity contribution in [2.45, 2.75) is 29.7 Å². The molecule has 0 bridgehead atoms. The van der Waals surface area contributed by atoms with Crippen LogP contribution in [0.5, 0.6) is 0 Å². The van der Waals surface area contributed by atoms with Crippen LogP contribution in [0, 0.1) is 0 Å². The summed E-state index contributed by atoms with van der Waals surface area (Å²) in [4.78, 5) is 0. The third kappa shape index (κ3) is 2.80. The van der Waals surface area contributed by atoms with Gasteiger partial charge in [0, 0.05) is 5.56 Å². The van der Waals surface area contributed by atoms with Gasteiger partial charge in [0.1, 0.15) is 0 Å². The second-order valence-electron chi connectivity index (χ2n) is 4.29. The molecule has 0 amide bonds. The standard InChI is InChI=1S/C11H13Br2F/c1-10(2,3)8-6-4-5-7-9(8)11(12,13)14/h4-7H,1-3H3. The molecule has 1 aromatic carbocycles. The fraction of sp³-hybridized carbons (Fsp3) is 0.455. The highest BCUT2D eigenvalue weighted by molar-refractivity contribution is 9.24. The molecule has 14 heavy (non-hydrogen) atoms. The molecule has 3 heteroatoms. The largest absolute Gasteiger partial charge is 0.244 e. The third-order valence-electron chi connectivity index (χ3n) is 2.04. The van der Waals surface area contributed by atoms with Gasteiger partial charge < -0.3 is 0 Å². The number of rotatable bonds is 1. The zero-order valence-corrected chi connectivity index (χ0v) is 11.6. The lowest BCUT2D eigenvalue weighted by Gasteiger charge is -2.25. The maximum absolute atomic E-state index is 13.7. The number of hydrogen-bond acceptors (Lipinski definition) is 0. The molecule has 1 aromatic rings. The van der Waals surface area contributed by atoms with E-state index < -0.39 is 3.49 Å². The fourth-order valence-electron chi connectivity index (χ4n) is 1.38. The molecule has 0 saturated carbocycles. The first-order valence-corrected chi connectivity index (χ1v) is 5.98. The second kappa shape index (κ2) is 3.93. The van der Waals surface area contributed by atoms with E-state index in [1.807, 2.05) is 18.2 Å². The first kappa shape index (κ1) is 12.2. The van der Waals surface area contributed by atoms with Gasteiger partial charge >= 0.3 is 0 Å². The molecule has 0 aromatic heterocycles. The highest BCUT2D eigenvalue weighted by Crippen LogP contribution is 2.43. The molecule has 0 aliphatic rings. The molecular weight excluding hydrogens is 311 g/mol. The van der Waals surface area contributed by atoms with Crippen molar-refractivity contribution in [2.24, 2.45) is 0 Å². The molecule has 78 valence electrons. The number of alkyl halides is 3. The Bertz CT molecular complexity index is 288. The van der Waals surface area contributed by atoms with E-state index in [1.54, 1.807) is 6.07 Å².